The monoisotopic (exact) mass is 211 g/mol. The number of nitrogens with two attached hydrogens (primary N) is 1. The molecule has 3 N–H and O–H groups in total. The van der Waals surface area contributed by atoms with Crippen LogP contribution in [0.25, 0.3) is 0 Å². The van der Waals surface area contributed by atoms with Crippen molar-refractivity contribution in [2.24, 2.45) is 5.73 Å². The van der Waals surface area contributed by atoms with Crippen molar-refractivity contribution in [1.82, 2.24) is 4.90 Å². The quantitative estimate of drug-likeness (QED) is 0.770. The first-order valence-corrected chi connectivity index (χ1v) is 5.00. The molecule has 4 heteroatoms. The van der Waals surface area contributed by atoms with Crippen molar-refractivity contribution in [2.75, 3.05) is 32.5 Å². The molecule has 0 fully saturated rings. The topological polar surface area (TPSA) is 41.3 Å². The molecule has 0 spiro atoms. The Morgan fingerprint density at radius 1 is 1.40 bits per heavy atom. The molecule has 0 radical (unpaired) electrons. The van der Waals surface area contributed by atoms with Crippen LogP contribution in [-0.2, 0) is 6.54 Å². The summed E-state index contributed by atoms with van der Waals surface area (Å²) in [5, 5.41) is 3.15. The molecule has 0 saturated carbocycles. The van der Waals surface area contributed by atoms with Gasteiger partial charge in [-0.2, -0.15) is 0 Å². The molecule has 1 aromatic carbocycles. The largest absolute Gasteiger partial charge is 0.384 e. The summed E-state index contributed by atoms with van der Waals surface area (Å²) in [4.78, 5) is 2.07. The number of likely N-dealkylation sites (N-methyl/N-ethyl adjacent to an activating group) is 1. The lowest BCUT2D eigenvalue weighted by Gasteiger charge is -2.11. The van der Waals surface area contributed by atoms with Crippen LogP contribution >= 0.6 is 0 Å². The Morgan fingerprint density at radius 2 is 2.13 bits per heavy atom. The van der Waals surface area contributed by atoms with E-state index in [9.17, 15) is 4.39 Å². The third kappa shape index (κ3) is 3.85. The molecule has 3 nitrogen and oxygen atoms in total. The van der Waals surface area contributed by atoms with Crippen LogP contribution < -0.4 is 11.1 Å². The summed E-state index contributed by atoms with van der Waals surface area (Å²) in [6, 6.07) is 5.05. The number of rotatable bonds is 5. The van der Waals surface area contributed by atoms with Crippen LogP contribution in [0, 0.1) is 5.82 Å². The second kappa shape index (κ2) is 5.68. The maximum atomic E-state index is 13.3. The van der Waals surface area contributed by atoms with Crippen molar-refractivity contribution >= 4 is 5.69 Å². The first-order chi connectivity index (χ1) is 7.13. The lowest BCUT2D eigenvalue weighted by Crippen LogP contribution is -2.20. The minimum Gasteiger partial charge on any atom is -0.384 e. The third-order valence-corrected chi connectivity index (χ3v) is 2.16. The van der Waals surface area contributed by atoms with Crippen molar-refractivity contribution in [3.8, 4) is 0 Å². The molecule has 1 aromatic rings. The predicted molar refractivity (Wildman–Crippen MR) is 61.3 cm³/mol. The van der Waals surface area contributed by atoms with Crippen molar-refractivity contribution in [3.63, 3.8) is 0 Å². The van der Waals surface area contributed by atoms with Gasteiger partial charge in [-0.15, -0.1) is 0 Å². The second-order valence-corrected chi connectivity index (χ2v) is 3.74. The minimum absolute atomic E-state index is 0.240. The zero-order valence-electron chi connectivity index (χ0n) is 9.26. The van der Waals surface area contributed by atoms with Gasteiger partial charge in [0.05, 0.1) is 0 Å². The van der Waals surface area contributed by atoms with Crippen molar-refractivity contribution in [2.45, 2.75) is 6.54 Å². The zero-order chi connectivity index (χ0) is 11.3. The standard InChI is InChI=1S/C11H18FN3/c1-15(2)6-5-14-10-4-3-9(8-13)11(12)7-10/h3-4,7,14H,5-6,8,13H2,1-2H3. The highest BCUT2D eigenvalue weighted by Crippen LogP contribution is 2.13. The van der Waals surface area contributed by atoms with E-state index < -0.39 is 0 Å². The molecule has 0 saturated heterocycles. The van der Waals surface area contributed by atoms with E-state index >= 15 is 0 Å². The summed E-state index contributed by atoms with van der Waals surface area (Å²) in [5.74, 6) is -0.243. The molecule has 0 heterocycles. The maximum absolute atomic E-state index is 13.3. The minimum atomic E-state index is -0.243. The molecule has 0 aromatic heterocycles. The third-order valence-electron chi connectivity index (χ3n) is 2.16. The predicted octanol–water partition coefficient (Wildman–Crippen LogP) is 1.26. The van der Waals surface area contributed by atoms with E-state index in [2.05, 4.69) is 10.2 Å². The van der Waals surface area contributed by atoms with Gasteiger partial charge in [-0.05, 0) is 26.2 Å². The van der Waals surface area contributed by atoms with E-state index in [0.29, 0.717) is 5.56 Å². The Morgan fingerprint density at radius 3 is 2.67 bits per heavy atom. The Bertz CT molecular complexity index is 313. The van der Waals surface area contributed by atoms with Gasteiger partial charge in [0.1, 0.15) is 5.82 Å². The molecule has 0 aliphatic carbocycles. The highest BCUT2D eigenvalue weighted by Gasteiger charge is 2.01. The SMILES string of the molecule is CN(C)CCNc1ccc(CN)c(F)c1. The molecule has 0 unspecified atom stereocenters. The average Bonchev–Trinajstić information content (AvgIpc) is 2.17. The number of anilines is 1. The molecule has 0 atom stereocenters. The highest BCUT2D eigenvalue weighted by atomic mass is 19.1. The highest BCUT2D eigenvalue weighted by molar-refractivity contribution is 5.45. The van der Waals surface area contributed by atoms with Gasteiger partial charge >= 0.3 is 0 Å². The number of nitrogens with one attached hydrogen (secondary N) is 1. The fraction of sp³-hybridized carbons (Fsp3) is 0.455. The van der Waals surface area contributed by atoms with E-state index in [1.54, 1.807) is 6.07 Å². The zero-order valence-corrected chi connectivity index (χ0v) is 9.26. The number of nitrogens with zero attached hydrogens (tertiary/aromatic N) is 1. The summed E-state index contributed by atoms with van der Waals surface area (Å²) in [5.41, 5.74) is 6.72. The van der Waals surface area contributed by atoms with Crippen molar-refractivity contribution in [3.05, 3.63) is 29.6 Å². The molecule has 15 heavy (non-hydrogen) atoms. The first kappa shape index (κ1) is 11.9. The Balaban J connectivity index is 2.52. The normalized spacial score (nSPS) is 10.7. The van der Waals surface area contributed by atoms with E-state index in [0.717, 1.165) is 18.8 Å². The number of benzene rings is 1. The molecule has 0 aliphatic heterocycles. The van der Waals surface area contributed by atoms with Gasteiger partial charge in [0.25, 0.3) is 0 Å². The molecule has 0 bridgehead atoms. The van der Waals surface area contributed by atoms with Crippen LogP contribution in [0.2, 0.25) is 0 Å². The molecular weight excluding hydrogens is 193 g/mol. The first-order valence-electron chi connectivity index (χ1n) is 5.00. The Hall–Kier alpha value is -1.13. The summed E-state index contributed by atoms with van der Waals surface area (Å²) in [6.45, 7) is 1.96. The Labute approximate surface area is 90.1 Å². The van der Waals surface area contributed by atoms with Crippen molar-refractivity contribution < 1.29 is 4.39 Å². The summed E-state index contributed by atoms with van der Waals surface area (Å²) < 4.78 is 13.3. The summed E-state index contributed by atoms with van der Waals surface area (Å²) >= 11 is 0. The number of halogens is 1. The lowest BCUT2D eigenvalue weighted by atomic mass is 10.2. The molecule has 0 amide bonds. The summed E-state index contributed by atoms with van der Waals surface area (Å²) in [7, 11) is 4.00. The van der Waals surface area contributed by atoms with Crippen LogP contribution in [0.4, 0.5) is 10.1 Å². The number of hydrogen-bond acceptors (Lipinski definition) is 3. The lowest BCUT2D eigenvalue weighted by molar-refractivity contribution is 0.425. The van der Waals surface area contributed by atoms with Gasteiger partial charge in [0.2, 0.25) is 0 Å². The van der Waals surface area contributed by atoms with Gasteiger partial charge < -0.3 is 16.0 Å². The van der Waals surface area contributed by atoms with E-state index in [1.807, 2.05) is 20.2 Å². The van der Waals surface area contributed by atoms with Gasteiger partial charge in [0.15, 0.2) is 0 Å². The van der Waals surface area contributed by atoms with E-state index in [1.165, 1.54) is 6.07 Å². The van der Waals surface area contributed by atoms with Crippen LogP contribution in [0.1, 0.15) is 5.56 Å². The molecule has 0 aliphatic rings. The molecule has 1 rings (SSSR count). The van der Waals surface area contributed by atoms with Crippen LogP contribution in [0.5, 0.6) is 0 Å². The van der Waals surface area contributed by atoms with Gasteiger partial charge in [-0.3, -0.25) is 0 Å². The van der Waals surface area contributed by atoms with Crippen LogP contribution in [0.3, 0.4) is 0 Å². The van der Waals surface area contributed by atoms with Crippen LogP contribution in [-0.4, -0.2) is 32.1 Å². The Kier molecular flexibility index (Phi) is 4.52. The van der Waals surface area contributed by atoms with E-state index in [4.69, 9.17) is 5.73 Å². The maximum Gasteiger partial charge on any atom is 0.129 e. The second-order valence-electron chi connectivity index (χ2n) is 3.74. The average molecular weight is 211 g/mol. The smallest absolute Gasteiger partial charge is 0.129 e. The van der Waals surface area contributed by atoms with Crippen LogP contribution in [0.15, 0.2) is 18.2 Å². The fourth-order valence-corrected chi connectivity index (χ4v) is 1.25. The molecule has 84 valence electrons. The van der Waals surface area contributed by atoms with Crippen molar-refractivity contribution in [1.29, 1.82) is 0 Å². The fourth-order valence-electron chi connectivity index (χ4n) is 1.25. The van der Waals surface area contributed by atoms with Gasteiger partial charge in [-0.25, -0.2) is 4.39 Å². The van der Waals surface area contributed by atoms with E-state index in [-0.39, 0.29) is 12.4 Å². The van der Waals surface area contributed by atoms with Gasteiger partial charge in [0, 0.05) is 30.9 Å². The van der Waals surface area contributed by atoms with Gasteiger partial charge in [-0.1, -0.05) is 6.07 Å². The number of hydrogen-bond donors (Lipinski definition) is 2. The summed E-state index contributed by atoms with van der Waals surface area (Å²) in [6.07, 6.45) is 0. The molecular formula is C11H18FN3.